The van der Waals surface area contributed by atoms with Crippen LogP contribution in [0.4, 0.5) is 4.79 Å². The molecule has 0 aliphatic carbocycles. The number of hydrogen-bond acceptors (Lipinski definition) is 6. The molecule has 3 heterocycles. The number of nitrogens with zero attached hydrogens (tertiary/aromatic N) is 5. The lowest BCUT2D eigenvalue weighted by Crippen LogP contribution is -2.67. The zero-order valence-electron chi connectivity index (χ0n) is 16.5. The Kier molecular flexibility index (Phi) is 4.81. The molecule has 1 N–H and O–H groups in total. The summed E-state index contributed by atoms with van der Waals surface area (Å²) in [5.41, 5.74) is 2.00. The normalized spacial score (nSPS) is 30.5. The molecular formula is C19H25ClN6O2. The average Bonchev–Trinajstić information content (AvgIpc) is 3.08. The van der Waals surface area contributed by atoms with Crippen LogP contribution in [-0.2, 0) is 11.3 Å². The molecule has 0 saturated carbocycles. The maximum Gasteiger partial charge on any atom is 0.327 e. The fourth-order valence-electron chi connectivity index (χ4n) is 4.23. The summed E-state index contributed by atoms with van der Waals surface area (Å²) in [6.45, 7) is 6.78. The highest BCUT2D eigenvalue weighted by Crippen LogP contribution is 2.33. The molecule has 150 valence electrons. The number of carbonyl (C=O) groups excluding carboxylic acids is 2. The second-order valence-electron chi connectivity index (χ2n) is 7.49. The summed E-state index contributed by atoms with van der Waals surface area (Å²) in [6.07, 6.45) is -0.663. The van der Waals surface area contributed by atoms with Crippen LogP contribution < -0.4 is 5.32 Å². The molecule has 0 aromatic heterocycles. The molecule has 4 unspecified atom stereocenters. The van der Waals surface area contributed by atoms with Crippen LogP contribution in [0.15, 0.2) is 29.4 Å². The van der Waals surface area contributed by atoms with E-state index in [1.54, 1.807) is 11.9 Å². The quantitative estimate of drug-likeness (QED) is 0.830. The molecule has 28 heavy (non-hydrogen) atoms. The number of likely N-dealkylation sites (N-methyl/N-ethyl adjacent to an activating group) is 2. The molecule has 1 aromatic carbocycles. The van der Waals surface area contributed by atoms with Crippen molar-refractivity contribution in [3.8, 4) is 0 Å². The highest BCUT2D eigenvalue weighted by molar-refractivity contribution is 6.30. The third-order valence-corrected chi connectivity index (χ3v) is 6.14. The molecule has 9 heteroatoms. The SMILES string of the molecule is CCN1C(=O)C2C(NC3N(Cc4ccc(Cl)cc4)N=C(C)C(C)N23)N(C)C1=O. The van der Waals surface area contributed by atoms with Crippen molar-refractivity contribution < 1.29 is 9.59 Å². The van der Waals surface area contributed by atoms with Gasteiger partial charge in [-0.3, -0.25) is 20.0 Å². The summed E-state index contributed by atoms with van der Waals surface area (Å²) in [5, 5.41) is 10.9. The number of urea groups is 1. The zero-order valence-corrected chi connectivity index (χ0v) is 17.2. The first-order valence-electron chi connectivity index (χ1n) is 9.51. The smallest absolute Gasteiger partial charge is 0.310 e. The predicted octanol–water partition coefficient (Wildman–Crippen LogP) is 1.72. The molecule has 4 rings (SSSR count). The molecule has 3 aliphatic heterocycles. The first-order valence-corrected chi connectivity index (χ1v) is 9.89. The minimum Gasteiger partial charge on any atom is -0.310 e. The van der Waals surface area contributed by atoms with Crippen molar-refractivity contribution >= 4 is 29.3 Å². The Labute approximate surface area is 169 Å². The van der Waals surface area contributed by atoms with Crippen molar-refractivity contribution in [2.24, 2.45) is 5.10 Å². The fourth-order valence-corrected chi connectivity index (χ4v) is 4.36. The van der Waals surface area contributed by atoms with Crippen LogP contribution in [0.1, 0.15) is 26.3 Å². The number of hydrogen-bond donors (Lipinski definition) is 1. The van der Waals surface area contributed by atoms with Crippen molar-refractivity contribution in [1.29, 1.82) is 0 Å². The van der Waals surface area contributed by atoms with Gasteiger partial charge in [-0.25, -0.2) is 9.69 Å². The van der Waals surface area contributed by atoms with Gasteiger partial charge in [0.15, 0.2) is 6.29 Å². The van der Waals surface area contributed by atoms with Gasteiger partial charge in [-0.1, -0.05) is 23.7 Å². The Hall–Kier alpha value is -2.16. The van der Waals surface area contributed by atoms with Gasteiger partial charge in [0, 0.05) is 18.6 Å². The summed E-state index contributed by atoms with van der Waals surface area (Å²) >= 11 is 6.00. The van der Waals surface area contributed by atoms with E-state index in [0.717, 1.165) is 11.3 Å². The average molecular weight is 405 g/mol. The molecule has 1 aromatic rings. The molecule has 3 aliphatic rings. The van der Waals surface area contributed by atoms with E-state index in [1.165, 1.54) is 4.90 Å². The van der Waals surface area contributed by atoms with E-state index in [1.807, 2.05) is 43.1 Å². The highest BCUT2D eigenvalue weighted by Gasteiger charge is 2.57. The molecule has 0 bridgehead atoms. The van der Waals surface area contributed by atoms with Crippen molar-refractivity contribution in [3.63, 3.8) is 0 Å². The zero-order chi connectivity index (χ0) is 20.2. The topological polar surface area (TPSA) is 71.5 Å². The van der Waals surface area contributed by atoms with Crippen LogP contribution in [0.3, 0.4) is 0 Å². The second-order valence-corrected chi connectivity index (χ2v) is 7.93. The Balaban J connectivity index is 1.68. The molecule has 0 radical (unpaired) electrons. The number of nitrogens with one attached hydrogen (secondary N) is 1. The Morgan fingerprint density at radius 3 is 2.54 bits per heavy atom. The number of amides is 3. The van der Waals surface area contributed by atoms with E-state index >= 15 is 0 Å². The van der Waals surface area contributed by atoms with Gasteiger partial charge in [-0.15, -0.1) is 0 Å². The minimum absolute atomic E-state index is 0.0155. The van der Waals surface area contributed by atoms with Gasteiger partial charge in [0.1, 0.15) is 12.2 Å². The number of benzene rings is 1. The molecule has 4 atom stereocenters. The van der Waals surface area contributed by atoms with Crippen LogP contribution in [0.2, 0.25) is 5.02 Å². The Morgan fingerprint density at radius 2 is 1.89 bits per heavy atom. The lowest BCUT2D eigenvalue weighted by molar-refractivity contribution is -0.139. The third-order valence-electron chi connectivity index (χ3n) is 5.89. The van der Waals surface area contributed by atoms with E-state index < -0.39 is 6.04 Å². The summed E-state index contributed by atoms with van der Waals surface area (Å²) in [4.78, 5) is 30.8. The molecule has 2 saturated heterocycles. The first kappa shape index (κ1) is 19.2. The van der Waals surface area contributed by atoms with Crippen molar-refractivity contribution in [2.45, 2.75) is 51.9 Å². The lowest BCUT2D eigenvalue weighted by atomic mass is 10.1. The maximum atomic E-state index is 13.1. The van der Waals surface area contributed by atoms with Gasteiger partial charge in [-0.05, 0) is 38.5 Å². The summed E-state index contributed by atoms with van der Waals surface area (Å²) < 4.78 is 0. The number of fused-ring (bicyclic) bond motifs is 3. The van der Waals surface area contributed by atoms with Crippen molar-refractivity contribution in [1.82, 2.24) is 25.0 Å². The van der Waals surface area contributed by atoms with Gasteiger partial charge in [0.25, 0.3) is 5.91 Å². The van der Waals surface area contributed by atoms with E-state index in [2.05, 4.69) is 17.1 Å². The molecule has 2 fully saturated rings. The largest absolute Gasteiger partial charge is 0.327 e. The Morgan fingerprint density at radius 1 is 1.21 bits per heavy atom. The highest BCUT2D eigenvalue weighted by atomic mass is 35.5. The van der Waals surface area contributed by atoms with Crippen LogP contribution in [0.5, 0.6) is 0 Å². The van der Waals surface area contributed by atoms with Crippen LogP contribution >= 0.6 is 11.6 Å². The molecule has 3 amide bonds. The van der Waals surface area contributed by atoms with Crippen molar-refractivity contribution in [3.05, 3.63) is 34.9 Å². The van der Waals surface area contributed by atoms with E-state index in [4.69, 9.17) is 16.7 Å². The minimum atomic E-state index is -0.444. The molecular weight excluding hydrogens is 380 g/mol. The molecule has 0 spiro atoms. The standard InChI is InChI=1S/C19H25ClN6O2/c1-5-24-17(27)15-16(23(4)19(24)28)21-18-25(22-11(2)12(3)26(15)18)10-13-6-8-14(20)9-7-13/h6-9,12,15-16,18,21H,5,10H2,1-4H3. The van der Waals surface area contributed by atoms with Gasteiger partial charge < -0.3 is 4.90 Å². The summed E-state index contributed by atoms with van der Waals surface area (Å²) in [7, 11) is 1.74. The number of imide groups is 1. The Bertz CT molecular complexity index is 828. The van der Waals surface area contributed by atoms with Crippen molar-refractivity contribution in [2.75, 3.05) is 13.6 Å². The van der Waals surface area contributed by atoms with Crippen LogP contribution in [-0.4, -0.2) is 75.5 Å². The van der Waals surface area contributed by atoms with Gasteiger partial charge in [0.2, 0.25) is 0 Å². The number of hydrazone groups is 1. The number of rotatable bonds is 3. The second kappa shape index (κ2) is 7.02. The van der Waals surface area contributed by atoms with E-state index in [-0.39, 0.29) is 30.4 Å². The molecule has 8 nitrogen and oxygen atoms in total. The summed E-state index contributed by atoms with van der Waals surface area (Å²) in [5.74, 6) is -0.154. The van der Waals surface area contributed by atoms with Gasteiger partial charge >= 0.3 is 6.03 Å². The maximum absolute atomic E-state index is 13.1. The third kappa shape index (κ3) is 2.87. The summed E-state index contributed by atoms with van der Waals surface area (Å²) in [6, 6.07) is 6.92. The van der Waals surface area contributed by atoms with Crippen LogP contribution in [0, 0.1) is 0 Å². The van der Waals surface area contributed by atoms with Crippen LogP contribution in [0.25, 0.3) is 0 Å². The number of carbonyl (C=O) groups is 2. The predicted molar refractivity (Wildman–Crippen MR) is 106 cm³/mol. The number of halogens is 1. The van der Waals surface area contributed by atoms with E-state index in [9.17, 15) is 9.59 Å². The van der Waals surface area contributed by atoms with Gasteiger partial charge in [-0.2, -0.15) is 5.10 Å². The van der Waals surface area contributed by atoms with E-state index in [0.29, 0.717) is 18.1 Å². The van der Waals surface area contributed by atoms with Gasteiger partial charge in [0.05, 0.1) is 18.3 Å². The monoisotopic (exact) mass is 404 g/mol. The first-order chi connectivity index (χ1) is 13.3. The fraction of sp³-hybridized carbons (Fsp3) is 0.526. The lowest BCUT2D eigenvalue weighted by Gasteiger charge is -2.44.